The van der Waals surface area contributed by atoms with E-state index in [1.807, 2.05) is 0 Å². The van der Waals surface area contributed by atoms with Gasteiger partial charge >= 0.3 is 5.69 Å². The van der Waals surface area contributed by atoms with E-state index >= 15 is 0 Å². The van der Waals surface area contributed by atoms with Crippen molar-refractivity contribution in [3.8, 4) is 0 Å². The molecule has 1 aliphatic carbocycles. The maximum absolute atomic E-state index is 11.2. The van der Waals surface area contributed by atoms with Crippen LogP contribution in [0.15, 0.2) is 26.5 Å². The first-order valence-electron chi connectivity index (χ1n) is 3.43. The van der Waals surface area contributed by atoms with Gasteiger partial charge in [-0.05, 0) is 12.1 Å². The Labute approximate surface area is 74.5 Å². The highest BCUT2D eigenvalue weighted by atomic mass is 32.1. The van der Waals surface area contributed by atoms with Crippen LogP contribution in [-0.2, 0) is 0 Å². The van der Waals surface area contributed by atoms with Crippen molar-refractivity contribution in [3.05, 3.63) is 52.9 Å². The monoisotopic (exact) mass is 196 g/mol. The molecule has 0 bridgehead atoms. The Bertz CT molecular complexity index is 659. The lowest BCUT2D eigenvalue weighted by Crippen LogP contribution is -2.26. The van der Waals surface area contributed by atoms with Gasteiger partial charge in [-0.25, -0.2) is 4.79 Å². The zero-order valence-corrected chi connectivity index (χ0v) is 7.10. The molecule has 66 valence electrons. The van der Waals surface area contributed by atoms with Crippen LogP contribution in [-0.4, -0.2) is 9.36 Å². The molecule has 0 spiro atoms. The highest BCUT2D eigenvalue weighted by Gasteiger charge is 1.98. The zero-order chi connectivity index (χ0) is 9.42. The van der Waals surface area contributed by atoms with Gasteiger partial charge in [0.15, 0.2) is 0 Å². The molecule has 0 fully saturated rings. The van der Waals surface area contributed by atoms with Crippen molar-refractivity contribution >= 4 is 11.5 Å². The number of nitrogens with one attached hydrogen (secondary N) is 2. The summed E-state index contributed by atoms with van der Waals surface area (Å²) in [7, 11) is 0. The fourth-order valence-electron chi connectivity index (χ4n) is 0.989. The molecule has 0 aromatic carbocycles. The van der Waals surface area contributed by atoms with Crippen molar-refractivity contribution in [2.24, 2.45) is 0 Å². The lowest BCUT2D eigenvalue weighted by molar-refractivity contribution is 1.08. The van der Waals surface area contributed by atoms with E-state index in [2.05, 4.69) is 9.36 Å². The molecule has 0 radical (unpaired) electrons. The van der Waals surface area contributed by atoms with E-state index in [9.17, 15) is 14.4 Å². The number of rotatable bonds is 0. The van der Waals surface area contributed by atoms with Crippen molar-refractivity contribution in [3.63, 3.8) is 0 Å². The van der Waals surface area contributed by atoms with Gasteiger partial charge in [0.25, 0.3) is 5.43 Å². The summed E-state index contributed by atoms with van der Waals surface area (Å²) in [4.78, 5) is 35.2. The van der Waals surface area contributed by atoms with Gasteiger partial charge in [0.05, 0.1) is 4.53 Å². The van der Waals surface area contributed by atoms with Crippen LogP contribution in [0.25, 0.3) is 0 Å². The molecule has 0 atom stereocenters. The third-order valence-electron chi connectivity index (χ3n) is 1.58. The predicted molar refractivity (Wildman–Crippen MR) is 47.1 cm³/mol. The Morgan fingerprint density at radius 1 is 1.15 bits per heavy atom. The maximum atomic E-state index is 11.2. The quantitative estimate of drug-likeness (QED) is 0.541. The summed E-state index contributed by atoms with van der Waals surface area (Å²) in [5, 5.41) is 0.0706. The van der Waals surface area contributed by atoms with Gasteiger partial charge in [0, 0.05) is 0 Å². The van der Waals surface area contributed by atoms with E-state index in [1.165, 1.54) is 12.1 Å². The summed E-state index contributed by atoms with van der Waals surface area (Å²) in [6.45, 7) is 0. The average molecular weight is 196 g/mol. The molecular weight excluding hydrogens is 192 g/mol. The largest absolute Gasteiger partial charge is 0.332 e. The van der Waals surface area contributed by atoms with E-state index in [-0.39, 0.29) is 5.35 Å². The molecule has 0 saturated carbocycles. The highest BCUT2D eigenvalue weighted by molar-refractivity contribution is 7.03. The van der Waals surface area contributed by atoms with E-state index in [0.29, 0.717) is 4.53 Å². The lowest BCUT2D eigenvalue weighted by Gasteiger charge is -1.87. The van der Waals surface area contributed by atoms with E-state index in [0.717, 1.165) is 11.5 Å². The number of aromatic amines is 2. The molecule has 0 aromatic rings. The Morgan fingerprint density at radius 2 is 1.92 bits per heavy atom. The molecule has 2 rings (SSSR count). The number of H-pyrrole nitrogens is 2. The first-order valence-corrected chi connectivity index (χ1v) is 4.25. The number of aromatic nitrogens is 2. The summed E-state index contributed by atoms with van der Waals surface area (Å²) < 4.78 is 2.97. The minimum atomic E-state index is -0.667. The summed E-state index contributed by atoms with van der Waals surface area (Å²) in [6, 6.07) is 2.68. The highest BCUT2D eigenvalue weighted by Crippen LogP contribution is 1.90. The van der Waals surface area contributed by atoms with Gasteiger partial charge in [-0.3, -0.25) is 14.0 Å². The molecule has 2 N–H and O–H groups in total. The minimum Gasteiger partial charge on any atom is -0.302 e. The molecule has 2 aliphatic rings. The second kappa shape index (κ2) is 2.67. The molecule has 0 amide bonds. The molecule has 0 unspecified atom stereocenters. The molecule has 1 aliphatic heterocycles. The van der Waals surface area contributed by atoms with Crippen LogP contribution in [0.4, 0.5) is 0 Å². The molecule has 5 nitrogen and oxygen atoms in total. The second-order valence-electron chi connectivity index (χ2n) is 2.42. The van der Waals surface area contributed by atoms with Crippen LogP contribution in [0.2, 0.25) is 0 Å². The van der Waals surface area contributed by atoms with E-state index in [1.54, 1.807) is 0 Å². The third kappa shape index (κ3) is 1.20. The van der Waals surface area contributed by atoms with Crippen molar-refractivity contribution in [1.29, 1.82) is 0 Å². The minimum absolute atomic E-state index is 0.0706. The topological polar surface area (TPSA) is 82.8 Å². The van der Waals surface area contributed by atoms with Gasteiger partial charge in [-0.15, -0.1) is 0 Å². The molecule has 13 heavy (non-hydrogen) atoms. The summed E-state index contributed by atoms with van der Waals surface area (Å²) >= 11 is 1.02. The molecule has 6 heteroatoms. The van der Waals surface area contributed by atoms with Gasteiger partial charge in [-0.1, -0.05) is 11.5 Å². The standard InChI is InChI=1S/C7H4N2O3S/c10-3-1-2-4-5(6(3)11)8-7(12)9-13-4/h1-2H,(H2,8,9,12). The van der Waals surface area contributed by atoms with Crippen LogP contribution in [0.1, 0.15) is 0 Å². The molecule has 0 saturated heterocycles. The number of hydrogen-bond acceptors (Lipinski definition) is 4. The van der Waals surface area contributed by atoms with Crippen molar-refractivity contribution in [2.45, 2.75) is 0 Å². The predicted octanol–water partition coefficient (Wildman–Crippen LogP) is -0.790. The lowest BCUT2D eigenvalue weighted by atomic mass is 10.3. The Balaban J connectivity index is 3.28. The zero-order valence-electron chi connectivity index (χ0n) is 6.29. The molecule has 0 aromatic heterocycles. The third-order valence-corrected chi connectivity index (χ3v) is 2.42. The van der Waals surface area contributed by atoms with Crippen molar-refractivity contribution in [2.75, 3.05) is 0 Å². The number of hydrogen-bond donors (Lipinski definition) is 2. The smallest absolute Gasteiger partial charge is 0.302 e. The Morgan fingerprint density at radius 3 is 2.69 bits per heavy atom. The van der Waals surface area contributed by atoms with Crippen LogP contribution < -0.4 is 16.5 Å². The fourth-order valence-corrected chi connectivity index (χ4v) is 1.62. The van der Waals surface area contributed by atoms with Gasteiger partial charge in [0.1, 0.15) is 5.35 Å². The normalized spacial score (nSPS) is 10.5. The van der Waals surface area contributed by atoms with Crippen molar-refractivity contribution in [1.82, 2.24) is 9.36 Å². The van der Waals surface area contributed by atoms with Gasteiger partial charge in [0.2, 0.25) is 5.43 Å². The first kappa shape index (κ1) is 7.93. The SMILES string of the molecule is O=c1[nH]sc2ccc(=O)c(=O)c=2[nH]1. The van der Waals surface area contributed by atoms with Crippen molar-refractivity contribution < 1.29 is 0 Å². The van der Waals surface area contributed by atoms with Crippen LogP contribution >= 0.6 is 11.5 Å². The Kier molecular flexibility index (Phi) is 1.63. The van der Waals surface area contributed by atoms with Crippen LogP contribution in [0.5, 0.6) is 0 Å². The molecule has 1 heterocycles. The van der Waals surface area contributed by atoms with Crippen LogP contribution in [0.3, 0.4) is 0 Å². The van der Waals surface area contributed by atoms with Gasteiger partial charge in [-0.2, -0.15) is 0 Å². The fraction of sp³-hybridized carbons (Fsp3) is 0. The summed E-state index contributed by atoms with van der Waals surface area (Å²) in [5.41, 5.74) is -1.76. The van der Waals surface area contributed by atoms with Gasteiger partial charge < -0.3 is 4.98 Å². The maximum Gasteiger partial charge on any atom is 0.332 e. The van der Waals surface area contributed by atoms with E-state index in [4.69, 9.17) is 0 Å². The first-order chi connectivity index (χ1) is 6.18. The molecular formula is C7H4N2O3S. The van der Waals surface area contributed by atoms with E-state index < -0.39 is 16.5 Å². The summed E-state index contributed by atoms with van der Waals surface area (Å²) in [6.07, 6.45) is 0. The second-order valence-corrected chi connectivity index (χ2v) is 3.27. The summed E-state index contributed by atoms with van der Waals surface area (Å²) in [5.74, 6) is 0. The van der Waals surface area contributed by atoms with Crippen LogP contribution in [0, 0.1) is 9.88 Å². The Hall–Kier alpha value is -1.69. The average Bonchev–Trinajstić information content (AvgIpc) is 2.12.